The number of hydrogen-bond donors (Lipinski definition) is 2. The minimum absolute atomic E-state index is 0.473. The second-order valence-corrected chi connectivity index (χ2v) is 4.58. The van der Waals surface area contributed by atoms with Crippen molar-refractivity contribution in [1.29, 1.82) is 0 Å². The molecule has 0 unspecified atom stereocenters. The van der Waals surface area contributed by atoms with Gasteiger partial charge >= 0.3 is 0 Å². The molecule has 0 aliphatic rings. The van der Waals surface area contributed by atoms with Crippen LogP contribution < -0.4 is 5.73 Å². The highest BCUT2D eigenvalue weighted by molar-refractivity contribution is 7.18. The number of thiophene rings is 1. The highest BCUT2D eigenvalue weighted by Crippen LogP contribution is 2.28. The van der Waals surface area contributed by atoms with Crippen LogP contribution in [0.5, 0.6) is 0 Å². The van der Waals surface area contributed by atoms with Crippen molar-refractivity contribution < 1.29 is 0 Å². The lowest BCUT2D eigenvalue weighted by Crippen LogP contribution is -1.97. The molecular weight excluding hydrogens is 224 g/mol. The number of anilines is 1. The Balaban J connectivity index is 2.28. The van der Waals surface area contributed by atoms with Crippen molar-refractivity contribution in [2.24, 2.45) is 0 Å². The van der Waals surface area contributed by atoms with Crippen LogP contribution in [0.2, 0.25) is 0 Å². The number of rotatable bonds is 1. The second-order valence-electron chi connectivity index (χ2n) is 3.34. The van der Waals surface area contributed by atoms with Crippen LogP contribution in [-0.4, -0.2) is 25.1 Å². The fourth-order valence-electron chi connectivity index (χ4n) is 1.48. The summed E-state index contributed by atoms with van der Waals surface area (Å²) in [6, 6.07) is 1.99. The summed E-state index contributed by atoms with van der Waals surface area (Å²) < 4.78 is 0. The van der Waals surface area contributed by atoms with Gasteiger partial charge in [0.25, 0.3) is 0 Å². The van der Waals surface area contributed by atoms with Crippen molar-refractivity contribution in [3.8, 4) is 11.6 Å². The SMILES string of the molecule is Cc1cc2c(N)nc(-c3ncn[nH]3)nc2s1. The molecule has 0 fully saturated rings. The maximum atomic E-state index is 5.87. The first-order valence-corrected chi connectivity index (χ1v) is 5.45. The van der Waals surface area contributed by atoms with Crippen molar-refractivity contribution in [3.05, 3.63) is 17.3 Å². The largest absolute Gasteiger partial charge is 0.383 e. The number of aryl methyl sites for hydroxylation is 1. The summed E-state index contributed by atoms with van der Waals surface area (Å²) in [6.45, 7) is 2.01. The number of H-pyrrole nitrogens is 1. The first-order valence-electron chi connectivity index (χ1n) is 4.63. The van der Waals surface area contributed by atoms with Gasteiger partial charge in [0.05, 0.1) is 5.39 Å². The molecule has 0 saturated heterocycles. The number of hydrogen-bond acceptors (Lipinski definition) is 6. The molecule has 0 amide bonds. The average Bonchev–Trinajstić information content (AvgIpc) is 2.84. The Morgan fingerprint density at radius 3 is 3.00 bits per heavy atom. The second kappa shape index (κ2) is 3.24. The third-order valence-corrected chi connectivity index (χ3v) is 3.12. The molecule has 0 atom stereocenters. The molecule has 0 aliphatic heterocycles. The fraction of sp³-hybridized carbons (Fsp3) is 0.111. The van der Waals surface area contributed by atoms with E-state index in [4.69, 9.17) is 5.73 Å². The topological polar surface area (TPSA) is 93.4 Å². The molecule has 16 heavy (non-hydrogen) atoms. The monoisotopic (exact) mass is 232 g/mol. The molecule has 0 bridgehead atoms. The van der Waals surface area contributed by atoms with Crippen LogP contribution in [0.1, 0.15) is 4.88 Å². The number of nitrogen functional groups attached to an aromatic ring is 1. The molecule has 3 N–H and O–H groups in total. The third kappa shape index (κ3) is 1.33. The lowest BCUT2D eigenvalue weighted by atomic mass is 10.3. The number of fused-ring (bicyclic) bond motifs is 1. The van der Waals surface area contributed by atoms with Crippen LogP contribution in [0, 0.1) is 6.92 Å². The van der Waals surface area contributed by atoms with E-state index in [1.165, 1.54) is 6.33 Å². The maximum Gasteiger partial charge on any atom is 0.200 e. The zero-order valence-corrected chi connectivity index (χ0v) is 9.25. The molecule has 0 radical (unpaired) electrons. The predicted molar refractivity (Wildman–Crippen MR) is 61.9 cm³/mol. The van der Waals surface area contributed by atoms with E-state index in [1.807, 2.05) is 13.0 Å². The van der Waals surface area contributed by atoms with Crippen LogP contribution >= 0.6 is 11.3 Å². The van der Waals surface area contributed by atoms with E-state index in [2.05, 4.69) is 25.1 Å². The zero-order valence-electron chi connectivity index (χ0n) is 8.43. The molecule has 3 aromatic heterocycles. The summed E-state index contributed by atoms with van der Waals surface area (Å²) in [7, 11) is 0. The van der Waals surface area contributed by atoms with Gasteiger partial charge in [-0.05, 0) is 13.0 Å². The van der Waals surface area contributed by atoms with E-state index in [1.54, 1.807) is 11.3 Å². The van der Waals surface area contributed by atoms with Crippen LogP contribution in [0.4, 0.5) is 5.82 Å². The highest BCUT2D eigenvalue weighted by Gasteiger charge is 2.11. The number of nitrogens with two attached hydrogens (primary N) is 1. The molecule has 80 valence electrons. The van der Waals surface area contributed by atoms with E-state index < -0.39 is 0 Å². The molecule has 3 rings (SSSR count). The molecule has 0 aliphatic carbocycles. The predicted octanol–water partition coefficient (Wildman–Crippen LogP) is 1.37. The summed E-state index contributed by atoms with van der Waals surface area (Å²) in [5.74, 6) is 1.48. The van der Waals surface area contributed by atoms with Crippen LogP contribution in [0.25, 0.3) is 21.9 Å². The zero-order chi connectivity index (χ0) is 11.1. The molecule has 3 heterocycles. The normalized spacial score (nSPS) is 11.1. The molecular formula is C9H8N6S. The van der Waals surface area contributed by atoms with Gasteiger partial charge in [0.15, 0.2) is 5.82 Å². The average molecular weight is 232 g/mol. The fourth-order valence-corrected chi connectivity index (χ4v) is 2.37. The Labute approximate surface area is 94.6 Å². The van der Waals surface area contributed by atoms with E-state index >= 15 is 0 Å². The Morgan fingerprint density at radius 1 is 1.38 bits per heavy atom. The minimum Gasteiger partial charge on any atom is -0.383 e. The third-order valence-electron chi connectivity index (χ3n) is 2.17. The summed E-state index contributed by atoms with van der Waals surface area (Å²) in [5.41, 5.74) is 5.87. The van der Waals surface area contributed by atoms with Gasteiger partial charge in [-0.1, -0.05) is 0 Å². The minimum atomic E-state index is 0.473. The number of nitrogens with one attached hydrogen (secondary N) is 1. The van der Waals surface area contributed by atoms with Crippen molar-refractivity contribution in [3.63, 3.8) is 0 Å². The van der Waals surface area contributed by atoms with E-state index in [0.29, 0.717) is 17.5 Å². The summed E-state index contributed by atoms with van der Waals surface area (Å²) in [4.78, 5) is 14.6. The van der Waals surface area contributed by atoms with Crippen LogP contribution in [0.15, 0.2) is 12.4 Å². The van der Waals surface area contributed by atoms with Crippen molar-refractivity contribution in [2.45, 2.75) is 6.92 Å². The van der Waals surface area contributed by atoms with Gasteiger partial charge in [0.2, 0.25) is 5.82 Å². The quantitative estimate of drug-likeness (QED) is 0.660. The smallest absolute Gasteiger partial charge is 0.200 e. The number of nitrogens with zero attached hydrogens (tertiary/aromatic N) is 4. The van der Waals surface area contributed by atoms with Crippen molar-refractivity contribution in [1.82, 2.24) is 25.1 Å². The molecule has 0 aromatic carbocycles. The molecule has 3 aromatic rings. The van der Waals surface area contributed by atoms with E-state index in [-0.39, 0.29) is 0 Å². The summed E-state index contributed by atoms with van der Waals surface area (Å²) in [5, 5.41) is 7.37. The van der Waals surface area contributed by atoms with E-state index in [9.17, 15) is 0 Å². The first kappa shape index (κ1) is 9.22. The standard InChI is InChI=1S/C9H8N6S/c1-4-2-5-6(10)13-8(14-9(5)16-4)7-11-3-12-15-7/h2-3H,1H3,(H2,10,13,14)(H,11,12,15). The van der Waals surface area contributed by atoms with Gasteiger partial charge in [-0.25, -0.2) is 15.0 Å². The lowest BCUT2D eigenvalue weighted by molar-refractivity contribution is 1.07. The summed E-state index contributed by atoms with van der Waals surface area (Å²) >= 11 is 1.58. The van der Waals surface area contributed by atoms with Crippen LogP contribution in [-0.2, 0) is 0 Å². The number of aromatic nitrogens is 5. The number of aromatic amines is 1. The van der Waals surface area contributed by atoms with Crippen molar-refractivity contribution >= 4 is 27.4 Å². The van der Waals surface area contributed by atoms with Gasteiger partial charge in [-0.3, -0.25) is 5.10 Å². The van der Waals surface area contributed by atoms with Gasteiger partial charge in [0, 0.05) is 4.88 Å². The Kier molecular flexibility index (Phi) is 1.87. The van der Waals surface area contributed by atoms with Gasteiger partial charge in [-0.2, -0.15) is 5.10 Å². The van der Waals surface area contributed by atoms with Gasteiger partial charge in [0.1, 0.15) is 17.0 Å². The molecule has 7 heteroatoms. The van der Waals surface area contributed by atoms with Gasteiger partial charge < -0.3 is 5.73 Å². The molecule has 0 saturated carbocycles. The van der Waals surface area contributed by atoms with Gasteiger partial charge in [-0.15, -0.1) is 11.3 Å². The Morgan fingerprint density at radius 2 is 2.25 bits per heavy atom. The summed E-state index contributed by atoms with van der Waals surface area (Å²) in [6.07, 6.45) is 1.42. The first-order chi connectivity index (χ1) is 7.74. The van der Waals surface area contributed by atoms with E-state index in [0.717, 1.165) is 15.1 Å². The molecule has 0 spiro atoms. The maximum absolute atomic E-state index is 5.87. The lowest BCUT2D eigenvalue weighted by Gasteiger charge is -1.98. The molecule has 6 nitrogen and oxygen atoms in total. The Bertz CT molecular complexity index is 641. The highest BCUT2D eigenvalue weighted by atomic mass is 32.1. The van der Waals surface area contributed by atoms with Crippen molar-refractivity contribution in [2.75, 3.05) is 5.73 Å². The van der Waals surface area contributed by atoms with Crippen LogP contribution in [0.3, 0.4) is 0 Å². The Hall–Kier alpha value is -2.02.